The van der Waals surface area contributed by atoms with Gasteiger partial charge in [-0.05, 0) is 11.1 Å². The first-order chi connectivity index (χ1) is 8.46. The molecule has 0 saturated carbocycles. The molecule has 0 aromatic heterocycles. The van der Waals surface area contributed by atoms with E-state index in [0.717, 1.165) is 11.1 Å². The summed E-state index contributed by atoms with van der Waals surface area (Å²) < 4.78 is 32.9. The van der Waals surface area contributed by atoms with Gasteiger partial charge < -0.3 is 5.73 Å². The van der Waals surface area contributed by atoms with Crippen LogP contribution in [-0.4, -0.2) is 42.5 Å². The molecule has 0 amide bonds. The first-order valence-electron chi connectivity index (χ1n) is 5.41. The van der Waals surface area contributed by atoms with Crippen molar-refractivity contribution in [1.29, 1.82) is 0 Å². The zero-order chi connectivity index (χ0) is 13.0. The maximum Gasteiger partial charge on any atom is 0.292 e. The predicted octanol–water partition coefficient (Wildman–Crippen LogP) is 1.33. The molecule has 0 spiro atoms. The van der Waals surface area contributed by atoms with Crippen LogP contribution in [0.3, 0.4) is 0 Å². The Morgan fingerprint density at radius 3 is 1.63 bits per heavy atom. The van der Waals surface area contributed by atoms with E-state index in [1.54, 1.807) is 36.4 Å². The molecule has 19 heavy (non-hydrogen) atoms. The zero-order valence-corrected chi connectivity index (χ0v) is 13.2. The molecule has 1 radical (unpaired) electrons. The Morgan fingerprint density at radius 2 is 1.26 bits per heavy atom. The summed E-state index contributed by atoms with van der Waals surface area (Å²) in [7, 11) is -4.45. The number of nitrogens with two attached hydrogens (primary N) is 1. The third kappa shape index (κ3) is 1.89. The summed E-state index contributed by atoms with van der Waals surface area (Å²) in [5, 5.41) is 0. The Bertz CT molecular complexity index is 698. The number of hydrogen-bond donors (Lipinski definition) is 2. The number of fused-ring (bicyclic) bond motifs is 3. The van der Waals surface area contributed by atoms with Crippen molar-refractivity contribution >= 4 is 39.7 Å². The molecule has 0 atom stereocenters. The second-order valence-electron chi connectivity index (χ2n) is 4.30. The van der Waals surface area contributed by atoms with Crippen LogP contribution in [-0.2, 0) is 15.0 Å². The van der Waals surface area contributed by atoms with Crippen LogP contribution in [0.25, 0.3) is 11.1 Å². The van der Waals surface area contributed by atoms with Crippen LogP contribution in [0.15, 0.2) is 48.5 Å². The Morgan fingerprint density at radius 1 is 0.895 bits per heavy atom. The minimum Gasteiger partial charge on any atom is -0.303 e. The van der Waals surface area contributed by atoms with Crippen LogP contribution in [0.5, 0.6) is 0 Å². The zero-order valence-electron chi connectivity index (χ0n) is 10.4. The first-order valence-corrected chi connectivity index (χ1v) is 6.85. The van der Waals surface area contributed by atoms with E-state index >= 15 is 0 Å². The topological polar surface area (TPSA) is 80.4 Å². The van der Waals surface area contributed by atoms with E-state index in [9.17, 15) is 13.0 Å². The predicted molar refractivity (Wildman–Crippen MR) is 74.1 cm³/mol. The summed E-state index contributed by atoms with van der Waals surface area (Å²) in [6.45, 7) is 0. The van der Waals surface area contributed by atoms with Crippen LogP contribution < -0.4 is 5.73 Å². The fraction of sp³-hybridized carbons (Fsp3) is 0.0769. The van der Waals surface area contributed by atoms with Crippen LogP contribution in [0.2, 0.25) is 0 Å². The monoisotopic (exact) mass is 284 g/mol. The van der Waals surface area contributed by atoms with Gasteiger partial charge in [0.2, 0.25) is 0 Å². The molecule has 1 aliphatic rings. The molecule has 0 fully saturated rings. The van der Waals surface area contributed by atoms with Crippen LogP contribution in [0, 0.1) is 0 Å². The average molecular weight is 284 g/mol. The SMILES string of the molecule is NC1(S(=O)(=O)O)c2ccccc2-c2ccccc21.[Na]. The Kier molecular flexibility index (Phi) is 3.64. The quantitative estimate of drug-likeness (QED) is 0.611. The molecule has 4 nitrogen and oxygen atoms in total. The number of hydrogen-bond acceptors (Lipinski definition) is 3. The van der Waals surface area contributed by atoms with Crippen molar-refractivity contribution < 1.29 is 13.0 Å². The second kappa shape index (κ2) is 4.70. The van der Waals surface area contributed by atoms with Crippen molar-refractivity contribution in [2.45, 2.75) is 4.87 Å². The Hall–Kier alpha value is -0.690. The van der Waals surface area contributed by atoms with E-state index in [2.05, 4.69) is 0 Å². The smallest absolute Gasteiger partial charge is 0.292 e. The van der Waals surface area contributed by atoms with Crippen molar-refractivity contribution in [3.8, 4) is 11.1 Å². The molecule has 6 heteroatoms. The van der Waals surface area contributed by atoms with E-state index in [-0.39, 0.29) is 29.6 Å². The Balaban J connectivity index is 0.00000133. The molecule has 0 aliphatic heterocycles. The summed E-state index contributed by atoms with van der Waals surface area (Å²) in [6.07, 6.45) is 0. The molecule has 93 valence electrons. The molecule has 0 unspecified atom stereocenters. The van der Waals surface area contributed by atoms with E-state index < -0.39 is 15.0 Å². The van der Waals surface area contributed by atoms with Gasteiger partial charge >= 0.3 is 0 Å². The molecular weight excluding hydrogens is 273 g/mol. The summed E-state index contributed by atoms with van der Waals surface area (Å²) >= 11 is 0. The van der Waals surface area contributed by atoms with Gasteiger partial charge in [0.05, 0.1) is 0 Å². The van der Waals surface area contributed by atoms with E-state index in [1.165, 1.54) is 0 Å². The maximum absolute atomic E-state index is 11.7. The van der Waals surface area contributed by atoms with Crippen molar-refractivity contribution in [3.05, 3.63) is 59.7 Å². The number of rotatable bonds is 1. The van der Waals surface area contributed by atoms with Gasteiger partial charge in [-0.3, -0.25) is 4.55 Å². The third-order valence-electron chi connectivity index (χ3n) is 3.35. The van der Waals surface area contributed by atoms with Gasteiger partial charge in [-0.2, -0.15) is 8.42 Å². The van der Waals surface area contributed by atoms with Gasteiger partial charge in [-0.1, -0.05) is 48.5 Å². The number of benzene rings is 2. The molecule has 2 aromatic rings. The second-order valence-corrected chi connectivity index (χ2v) is 5.90. The van der Waals surface area contributed by atoms with E-state index in [0.29, 0.717) is 11.1 Å². The summed E-state index contributed by atoms with van der Waals surface area (Å²) in [5.41, 5.74) is 8.33. The summed E-state index contributed by atoms with van der Waals surface area (Å²) in [6, 6.07) is 13.9. The standard InChI is InChI=1S/C13H11NO3S.Na/c14-13(18(15,16)17)11-7-3-1-5-9(11)10-6-2-4-8-12(10)13;/h1-8H,14H2,(H,15,16,17);. The van der Waals surface area contributed by atoms with Crippen molar-refractivity contribution in [2.75, 3.05) is 0 Å². The summed E-state index contributed by atoms with van der Waals surface area (Å²) in [4.78, 5) is -1.87. The van der Waals surface area contributed by atoms with Crippen molar-refractivity contribution in [3.63, 3.8) is 0 Å². The van der Waals surface area contributed by atoms with Gasteiger partial charge in [-0.15, -0.1) is 0 Å². The molecule has 2 aromatic carbocycles. The minimum atomic E-state index is -4.45. The fourth-order valence-corrected chi connectivity index (χ4v) is 3.42. The van der Waals surface area contributed by atoms with Gasteiger partial charge in [-0.25, -0.2) is 0 Å². The average Bonchev–Trinajstić information content (AvgIpc) is 2.62. The van der Waals surface area contributed by atoms with E-state index in [4.69, 9.17) is 5.73 Å². The maximum atomic E-state index is 11.7. The minimum absolute atomic E-state index is 0. The van der Waals surface area contributed by atoms with Gasteiger partial charge in [0.25, 0.3) is 10.1 Å². The van der Waals surface area contributed by atoms with Crippen molar-refractivity contribution in [2.24, 2.45) is 5.73 Å². The molecule has 0 heterocycles. The molecule has 0 saturated heterocycles. The molecule has 0 bridgehead atoms. The first kappa shape index (κ1) is 14.7. The largest absolute Gasteiger partial charge is 0.303 e. The van der Waals surface area contributed by atoms with Crippen molar-refractivity contribution in [1.82, 2.24) is 0 Å². The fourth-order valence-electron chi connectivity index (χ4n) is 2.51. The van der Waals surface area contributed by atoms with Gasteiger partial charge in [0.15, 0.2) is 4.87 Å². The van der Waals surface area contributed by atoms with Gasteiger partial charge in [0, 0.05) is 40.7 Å². The summed E-state index contributed by atoms with van der Waals surface area (Å²) in [5.74, 6) is 0. The molecule has 3 N–H and O–H groups in total. The third-order valence-corrected chi connectivity index (χ3v) is 4.61. The Labute approximate surface area is 133 Å². The normalized spacial score (nSPS) is 15.3. The van der Waals surface area contributed by atoms with Crippen LogP contribution in [0.4, 0.5) is 0 Å². The molecule has 1 aliphatic carbocycles. The van der Waals surface area contributed by atoms with Gasteiger partial charge in [0.1, 0.15) is 0 Å². The molecule has 3 rings (SSSR count). The van der Waals surface area contributed by atoms with E-state index in [1.807, 2.05) is 12.1 Å². The molecular formula is C13H11NNaO3S. The van der Waals surface area contributed by atoms with Crippen LogP contribution in [0.1, 0.15) is 11.1 Å². The van der Waals surface area contributed by atoms with Crippen LogP contribution >= 0.6 is 0 Å².